The highest BCUT2D eigenvalue weighted by atomic mass is 32.1. The molecule has 1 aliphatic rings. The molecule has 0 amide bonds. The van der Waals surface area contributed by atoms with E-state index in [4.69, 9.17) is 19.5 Å². The molecule has 32 heavy (non-hydrogen) atoms. The van der Waals surface area contributed by atoms with Gasteiger partial charge in [0, 0.05) is 4.70 Å². The normalized spacial score (nSPS) is 21.6. The van der Waals surface area contributed by atoms with Gasteiger partial charge in [-0.3, -0.25) is 0 Å². The third-order valence-corrected chi connectivity index (χ3v) is 6.62. The Bertz CT molecular complexity index is 997. The Hall–Kier alpha value is -2.09. The van der Waals surface area contributed by atoms with Crippen LogP contribution in [0.5, 0.6) is 0 Å². The first kappa shape index (κ1) is 24.6. The summed E-state index contributed by atoms with van der Waals surface area (Å²) >= 11 is 1.35. The molecule has 2 heterocycles. The van der Waals surface area contributed by atoms with E-state index in [2.05, 4.69) is 13.8 Å². The quantitative estimate of drug-likeness (QED) is 0.443. The Kier molecular flexibility index (Phi) is 7.53. The minimum absolute atomic E-state index is 0.159. The standard InChI is InChI=1S/C24H31F3N2O2S/c1-6-30-21-20(15(3)4)28-22(31-7-2)23(5,29-21)12-8-9-16-14-32-19-13-17(24(25,26)27)10-11-18(16)19/h10-11,13-15,20H,6-9,12H2,1-5H3/t20-,23+/m1/s1. The van der Waals surface area contributed by atoms with Crippen LogP contribution in [-0.4, -0.2) is 36.6 Å². The zero-order valence-electron chi connectivity index (χ0n) is 19.3. The Morgan fingerprint density at radius 1 is 1.16 bits per heavy atom. The summed E-state index contributed by atoms with van der Waals surface area (Å²) < 4.78 is 51.4. The van der Waals surface area contributed by atoms with Crippen molar-refractivity contribution in [1.82, 2.24) is 0 Å². The molecular weight excluding hydrogens is 437 g/mol. The number of aryl methyl sites for hydroxylation is 1. The van der Waals surface area contributed by atoms with Crippen LogP contribution in [0.3, 0.4) is 0 Å². The van der Waals surface area contributed by atoms with Gasteiger partial charge in [-0.1, -0.05) is 19.9 Å². The van der Waals surface area contributed by atoms with Crippen LogP contribution in [-0.2, 0) is 22.1 Å². The zero-order chi connectivity index (χ0) is 23.5. The fourth-order valence-corrected chi connectivity index (χ4v) is 4.98. The van der Waals surface area contributed by atoms with Crippen LogP contribution in [0.1, 0.15) is 58.6 Å². The molecule has 0 saturated heterocycles. The summed E-state index contributed by atoms with van der Waals surface area (Å²) in [5.41, 5.74) is -0.174. The summed E-state index contributed by atoms with van der Waals surface area (Å²) in [5.74, 6) is 1.51. The van der Waals surface area contributed by atoms with Crippen LogP contribution in [0.15, 0.2) is 33.6 Å². The first-order valence-corrected chi connectivity index (χ1v) is 12.0. The maximum absolute atomic E-state index is 13.0. The summed E-state index contributed by atoms with van der Waals surface area (Å²) in [6.07, 6.45) is -2.09. The number of thiophene rings is 1. The molecule has 1 aromatic carbocycles. The number of rotatable bonds is 7. The van der Waals surface area contributed by atoms with Crippen molar-refractivity contribution in [2.24, 2.45) is 15.9 Å². The van der Waals surface area contributed by atoms with Gasteiger partial charge in [-0.25, -0.2) is 9.98 Å². The van der Waals surface area contributed by atoms with E-state index in [1.165, 1.54) is 17.4 Å². The second kappa shape index (κ2) is 9.81. The van der Waals surface area contributed by atoms with E-state index in [0.29, 0.717) is 36.1 Å². The lowest BCUT2D eigenvalue weighted by molar-refractivity contribution is -0.137. The van der Waals surface area contributed by atoms with Gasteiger partial charge >= 0.3 is 6.18 Å². The van der Waals surface area contributed by atoms with Crippen molar-refractivity contribution in [3.8, 4) is 0 Å². The monoisotopic (exact) mass is 468 g/mol. The van der Waals surface area contributed by atoms with Crippen LogP contribution in [0.25, 0.3) is 10.1 Å². The van der Waals surface area contributed by atoms with Crippen molar-refractivity contribution in [3.05, 3.63) is 34.7 Å². The van der Waals surface area contributed by atoms with Crippen molar-refractivity contribution in [2.45, 2.75) is 71.6 Å². The minimum atomic E-state index is -4.33. The molecule has 0 aliphatic carbocycles. The van der Waals surface area contributed by atoms with Crippen LogP contribution in [0.4, 0.5) is 13.2 Å². The zero-order valence-corrected chi connectivity index (χ0v) is 20.1. The topological polar surface area (TPSA) is 43.2 Å². The van der Waals surface area contributed by atoms with Gasteiger partial charge in [-0.2, -0.15) is 13.2 Å². The van der Waals surface area contributed by atoms with E-state index in [-0.39, 0.29) is 12.0 Å². The molecule has 0 unspecified atom stereocenters. The molecule has 2 atom stereocenters. The average Bonchev–Trinajstić information content (AvgIpc) is 3.12. The molecule has 0 N–H and O–H groups in total. The maximum atomic E-state index is 13.0. The Labute approximate surface area is 191 Å². The first-order valence-electron chi connectivity index (χ1n) is 11.1. The number of nitrogens with zero attached hydrogens (tertiary/aromatic N) is 2. The molecule has 0 saturated carbocycles. The van der Waals surface area contributed by atoms with E-state index < -0.39 is 17.3 Å². The summed E-state index contributed by atoms with van der Waals surface area (Å²) in [4.78, 5) is 9.80. The smallest absolute Gasteiger partial charge is 0.416 e. The lowest BCUT2D eigenvalue weighted by Gasteiger charge is -2.34. The molecule has 0 bridgehead atoms. The number of hydrogen-bond donors (Lipinski definition) is 0. The molecule has 1 aromatic heterocycles. The fourth-order valence-electron chi connectivity index (χ4n) is 3.95. The van der Waals surface area contributed by atoms with Gasteiger partial charge in [0.2, 0.25) is 11.8 Å². The lowest BCUT2D eigenvalue weighted by Crippen LogP contribution is -2.45. The predicted molar refractivity (Wildman–Crippen MR) is 125 cm³/mol. The predicted octanol–water partition coefficient (Wildman–Crippen LogP) is 6.91. The van der Waals surface area contributed by atoms with Gasteiger partial charge < -0.3 is 9.47 Å². The van der Waals surface area contributed by atoms with Gasteiger partial charge in [0.25, 0.3) is 0 Å². The average molecular weight is 469 g/mol. The van der Waals surface area contributed by atoms with Gasteiger partial charge in [-0.15, -0.1) is 11.3 Å². The number of fused-ring (bicyclic) bond motifs is 1. The molecule has 176 valence electrons. The van der Waals surface area contributed by atoms with Gasteiger partial charge in [0.1, 0.15) is 11.6 Å². The van der Waals surface area contributed by atoms with E-state index in [1.807, 2.05) is 26.2 Å². The van der Waals surface area contributed by atoms with E-state index >= 15 is 0 Å². The molecule has 4 nitrogen and oxygen atoms in total. The third-order valence-electron chi connectivity index (χ3n) is 5.62. The molecule has 1 aliphatic heterocycles. The largest absolute Gasteiger partial charge is 0.480 e. The summed E-state index contributed by atoms with van der Waals surface area (Å²) in [5, 5.41) is 2.84. The highest BCUT2D eigenvalue weighted by Crippen LogP contribution is 2.36. The van der Waals surface area contributed by atoms with Crippen molar-refractivity contribution in [2.75, 3.05) is 13.2 Å². The van der Waals surface area contributed by atoms with Crippen LogP contribution >= 0.6 is 11.3 Å². The van der Waals surface area contributed by atoms with E-state index in [9.17, 15) is 13.2 Å². The number of aliphatic imine (C=N–C) groups is 2. The SMILES string of the molecule is CCOC1=N[C@@](C)(CCCc2csc3cc(C(F)(F)F)ccc23)C(OCC)=N[C@@H]1C(C)C. The maximum Gasteiger partial charge on any atom is 0.416 e. The second-order valence-electron chi connectivity index (χ2n) is 8.54. The molecule has 3 rings (SSSR count). The molecule has 0 fully saturated rings. The van der Waals surface area contributed by atoms with Crippen LogP contribution < -0.4 is 0 Å². The molecule has 2 aromatic rings. The number of hydrogen-bond acceptors (Lipinski definition) is 5. The minimum Gasteiger partial charge on any atom is -0.480 e. The van der Waals surface area contributed by atoms with E-state index in [0.717, 1.165) is 29.9 Å². The summed E-state index contributed by atoms with van der Waals surface area (Å²) in [6, 6.07) is 3.81. The first-order chi connectivity index (χ1) is 15.1. The van der Waals surface area contributed by atoms with Gasteiger partial charge in [0.05, 0.1) is 18.8 Å². The number of alkyl halides is 3. The van der Waals surface area contributed by atoms with Crippen LogP contribution in [0, 0.1) is 5.92 Å². The van der Waals surface area contributed by atoms with Crippen LogP contribution in [0.2, 0.25) is 0 Å². The highest BCUT2D eigenvalue weighted by molar-refractivity contribution is 7.17. The molecule has 8 heteroatoms. The summed E-state index contributed by atoms with van der Waals surface area (Å²) in [7, 11) is 0. The molecule has 0 spiro atoms. The fraction of sp³-hybridized carbons (Fsp3) is 0.583. The lowest BCUT2D eigenvalue weighted by atomic mass is 9.91. The van der Waals surface area contributed by atoms with Crippen molar-refractivity contribution in [3.63, 3.8) is 0 Å². The number of ether oxygens (including phenoxy) is 2. The van der Waals surface area contributed by atoms with Gasteiger partial charge in [0.15, 0.2) is 0 Å². The molecule has 0 radical (unpaired) electrons. The third kappa shape index (κ3) is 5.27. The molecular formula is C24H31F3N2O2S. The number of halogens is 3. The van der Waals surface area contributed by atoms with E-state index in [1.54, 1.807) is 6.07 Å². The van der Waals surface area contributed by atoms with Crippen molar-refractivity contribution < 1.29 is 22.6 Å². The Morgan fingerprint density at radius 2 is 1.88 bits per heavy atom. The number of benzene rings is 1. The second-order valence-corrected chi connectivity index (χ2v) is 9.45. The summed E-state index contributed by atoms with van der Waals surface area (Å²) in [6.45, 7) is 11.1. The van der Waals surface area contributed by atoms with Gasteiger partial charge in [-0.05, 0) is 74.4 Å². The highest BCUT2D eigenvalue weighted by Gasteiger charge is 2.40. The van der Waals surface area contributed by atoms with Crippen molar-refractivity contribution >= 4 is 33.2 Å². The Morgan fingerprint density at radius 3 is 2.50 bits per heavy atom. The van der Waals surface area contributed by atoms with Crippen molar-refractivity contribution in [1.29, 1.82) is 0 Å². The Balaban J connectivity index is 1.78.